The highest BCUT2D eigenvalue weighted by molar-refractivity contribution is 5.26. The number of anilines is 1. The Hall–Kier alpha value is -2.15. The Balaban J connectivity index is 1.84. The van der Waals surface area contributed by atoms with Gasteiger partial charge < -0.3 is 19.8 Å². The van der Waals surface area contributed by atoms with Gasteiger partial charge in [-0.25, -0.2) is 4.98 Å². The van der Waals surface area contributed by atoms with Gasteiger partial charge in [-0.3, -0.25) is 0 Å². The first-order valence-electron chi connectivity index (χ1n) is 6.57. The first kappa shape index (κ1) is 14.3. The molecule has 0 unspecified atom stereocenters. The monoisotopic (exact) mass is 277 g/mol. The Morgan fingerprint density at radius 2 is 2.20 bits per heavy atom. The largest absolute Gasteiger partial charge is 0.481 e. The van der Waals surface area contributed by atoms with Gasteiger partial charge in [-0.2, -0.15) is 0 Å². The van der Waals surface area contributed by atoms with E-state index in [-0.39, 0.29) is 0 Å². The summed E-state index contributed by atoms with van der Waals surface area (Å²) in [7, 11) is 1.59. The van der Waals surface area contributed by atoms with Crippen LogP contribution >= 0.6 is 0 Å². The van der Waals surface area contributed by atoms with E-state index in [2.05, 4.69) is 32.7 Å². The summed E-state index contributed by atoms with van der Waals surface area (Å²) < 4.78 is 10.5. The zero-order chi connectivity index (χ0) is 14.2. The quantitative estimate of drug-likeness (QED) is 0.708. The predicted molar refractivity (Wildman–Crippen MR) is 74.4 cm³/mol. The van der Waals surface area contributed by atoms with Crippen molar-refractivity contribution < 1.29 is 9.15 Å². The number of hydrogen-bond acceptors (Lipinski definition) is 7. The van der Waals surface area contributed by atoms with Crippen LogP contribution in [-0.4, -0.2) is 28.8 Å². The van der Waals surface area contributed by atoms with Gasteiger partial charge in [0.25, 0.3) is 0 Å². The molecule has 2 rings (SSSR count). The molecule has 0 spiro atoms. The molecule has 108 valence electrons. The molecule has 0 fully saturated rings. The number of hydrogen-bond donors (Lipinski definition) is 2. The molecule has 0 atom stereocenters. The van der Waals surface area contributed by atoms with Crippen LogP contribution < -0.4 is 15.4 Å². The summed E-state index contributed by atoms with van der Waals surface area (Å²) in [5, 5.41) is 14.2. The molecule has 2 aromatic heterocycles. The van der Waals surface area contributed by atoms with E-state index >= 15 is 0 Å². The third kappa shape index (κ3) is 4.20. The van der Waals surface area contributed by atoms with Gasteiger partial charge in [0.05, 0.1) is 13.7 Å². The number of rotatable bonds is 8. The van der Waals surface area contributed by atoms with Gasteiger partial charge in [-0.1, -0.05) is 12.0 Å². The highest BCUT2D eigenvalue weighted by atomic mass is 16.5. The van der Waals surface area contributed by atoms with Crippen molar-refractivity contribution in [2.75, 3.05) is 19.0 Å². The van der Waals surface area contributed by atoms with Crippen LogP contribution in [-0.2, 0) is 13.1 Å². The maximum absolute atomic E-state index is 5.47. The molecular formula is C13H19N5O2. The average Bonchev–Trinajstić information content (AvgIpc) is 2.94. The highest BCUT2D eigenvalue weighted by Gasteiger charge is 2.05. The number of aromatic nitrogens is 3. The minimum atomic E-state index is 0.411. The van der Waals surface area contributed by atoms with Crippen LogP contribution in [0.5, 0.6) is 5.88 Å². The summed E-state index contributed by atoms with van der Waals surface area (Å²) >= 11 is 0. The van der Waals surface area contributed by atoms with Crippen molar-refractivity contribution in [1.82, 2.24) is 20.5 Å². The summed E-state index contributed by atoms with van der Waals surface area (Å²) in [4.78, 5) is 4.05. The Labute approximate surface area is 117 Å². The molecule has 7 heteroatoms. The van der Waals surface area contributed by atoms with Crippen molar-refractivity contribution in [2.24, 2.45) is 0 Å². The zero-order valence-corrected chi connectivity index (χ0v) is 11.7. The van der Waals surface area contributed by atoms with Crippen molar-refractivity contribution in [2.45, 2.75) is 26.4 Å². The van der Waals surface area contributed by atoms with Crippen LogP contribution in [0.1, 0.15) is 24.8 Å². The molecule has 2 aromatic rings. The van der Waals surface area contributed by atoms with Gasteiger partial charge in [0.2, 0.25) is 11.8 Å². The Kier molecular flexibility index (Phi) is 5.31. The van der Waals surface area contributed by atoms with Crippen molar-refractivity contribution in [3.05, 3.63) is 29.8 Å². The topological polar surface area (TPSA) is 85.1 Å². The molecule has 0 bridgehead atoms. The maximum atomic E-state index is 5.47. The van der Waals surface area contributed by atoms with E-state index in [9.17, 15) is 0 Å². The lowest BCUT2D eigenvalue weighted by atomic mass is 10.2. The van der Waals surface area contributed by atoms with Gasteiger partial charge in [0, 0.05) is 18.8 Å². The zero-order valence-electron chi connectivity index (χ0n) is 11.7. The molecule has 0 aliphatic carbocycles. The van der Waals surface area contributed by atoms with Gasteiger partial charge in [-0.15, -0.1) is 5.10 Å². The second kappa shape index (κ2) is 7.44. The molecule has 0 aliphatic heterocycles. The fraction of sp³-hybridized carbons (Fsp3) is 0.462. The first-order valence-corrected chi connectivity index (χ1v) is 6.57. The second-order valence-electron chi connectivity index (χ2n) is 4.24. The van der Waals surface area contributed by atoms with Crippen LogP contribution in [0.4, 0.5) is 6.01 Å². The lowest BCUT2D eigenvalue weighted by molar-refractivity contribution is 0.397. The molecular weight excluding hydrogens is 258 g/mol. The predicted octanol–water partition coefficient (Wildman–Crippen LogP) is 1.58. The third-order valence-corrected chi connectivity index (χ3v) is 2.62. The molecule has 0 radical (unpaired) electrons. The first-order chi connectivity index (χ1) is 9.81. The Morgan fingerprint density at radius 1 is 1.30 bits per heavy atom. The average molecular weight is 277 g/mol. The Bertz CT molecular complexity index is 529. The minimum Gasteiger partial charge on any atom is -0.481 e. The molecule has 2 heterocycles. The summed E-state index contributed by atoms with van der Waals surface area (Å²) in [5.74, 6) is 1.16. The minimum absolute atomic E-state index is 0.411. The van der Waals surface area contributed by atoms with Gasteiger partial charge in [0.15, 0.2) is 0 Å². The second-order valence-corrected chi connectivity index (χ2v) is 4.24. The lowest BCUT2D eigenvalue weighted by Crippen LogP contribution is -2.13. The van der Waals surface area contributed by atoms with Crippen molar-refractivity contribution >= 4 is 6.01 Å². The normalized spacial score (nSPS) is 10.5. The number of nitrogens with one attached hydrogen (secondary N) is 2. The van der Waals surface area contributed by atoms with Crippen molar-refractivity contribution in [1.29, 1.82) is 0 Å². The highest BCUT2D eigenvalue weighted by Crippen LogP contribution is 2.11. The van der Waals surface area contributed by atoms with Crippen LogP contribution in [0.2, 0.25) is 0 Å². The Morgan fingerprint density at radius 3 is 3.00 bits per heavy atom. The molecule has 0 amide bonds. The molecule has 0 saturated heterocycles. The van der Waals surface area contributed by atoms with Crippen molar-refractivity contribution in [3.8, 4) is 5.88 Å². The lowest BCUT2D eigenvalue weighted by Gasteiger charge is -2.03. The summed E-state index contributed by atoms with van der Waals surface area (Å²) in [6.45, 7) is 4.20. The maximum Gasteiger partial charge on any atom is 0.315 e. The molecule has 0 aliphatic rings. The molecule has 7 nitrogen and oxygen atoms in total. The number of ether oxygens (including phenoxy) is 1. The van der Waals surface area contributed by atoms with Gasteiger partial charge in [0.1, 0.15) is 0 Å². The number of nitrogens with zero attached hydrogens (tertiary/aromatic N) is 3. The fourth-order valence-electron chi connectivity index (χ4n) is 1.62. The molecule has 0 saturated carbocycles. The fourth-order valence-corrected chi connectivity index (χ4v) is 1.62. The van der Waals surface area contributed by atoms with E-state index in [1.165, 1.54) is 0 Å². The van der Waals surface area contributed by atoms with E-state index in [1.807, 2.05) is 12.1 Å². The molecule has 0 aromatic carbocycles. The van der Waals surface area contributed by atoms with Gasteiger partial charge in [-0.05, 0) is 24.6 Å². The summed E-state index contributed by atoms with van der Waals surface area (Å²) in [5.41, 5.74) is 1.03. The van der Waals surface area contributed by atoms with Crippen LogP contribution in [0.3, 0.4) is 0 Å². The smallest absolute Gasteiger partial charge is 0.315 e. The molecule has 20 heavy (non-hydrogen) atoms. The SMILES string of the molecule is CCCNCc1nnc(NCc2ccnc(OC)c2)o1. The standard InChI is InChI=1S/C13H19N5O2/c1-3-5-14-9-12-17-18-13(20-12)16-8-10-4-6-15-11(7-10)19-2/h4,6-7,14H,3,5,8-9H2,1-2H3,(H,16,18). The summed E-state index contributed by atoms with van der Waals surface area (Å²) in [6.07, 6.45) is 2.77. The van der Waals surface area contributed by atoms with Crippen LogP contribution in [0.25, 0.3) is 0 Å². The molecule has 2 N–H and O–H groups in total. The van der Waals surface area contributed by atoms with Crippen LogP contribution in [0.15, 0.2) is 22.7 Å². The number of methoxy groups -OCH3 is 1. The van der Waals surface area contributed by atoms with Gasteiger partial charge >= 0.3 is 6.01 Å². The summed E-state index contributed by atoms with van der Waals surface area (Å²) in [6, 6.07) is 4.16. The third-order valence-electron chi connectivity index (χ3n) is 2.62. The van der Waals surface area contributed by atoms with E-state index in [0.29, 0.717) is 30.9 Å². The van der Waals surface area contributed by atoms with E-state index in [0.717, 1.165) is 18.5 Å². The van der Waals surface area contributed by atoms with Crippen LogP contribution in [0, 0.1) is 0 Å². The van der Waals surface area contributed by atoms with E-state index < -0.39 is 0 Å². The van der Waals surface area contributed by atoms with Crippen molar-refractivity contribution in [3.63, 3.8) is 0 Å². The van der Waals surface area contributed by atoms with E-state index in [4.69, 9.17) is 9.15 Å². The number of pyridine rings is 1. The van der Waals surface area contributed by atoms with E-state index in [1.54, 1.807) is 13.3 Å².